The maximum atomic E-state index is 14.6. The molecule has 1 aliphatic carbocycles. The summed E-state index contributed by atoms with van der Waals surface area (Å²) < 4.78 is 89.8. The molecule has 3 aromatic carbocycles. The first-order valence-electron chi connectivity index (χ1n) is 9.69. The van der Waals surface area contributed by atoms with Crippen LogP contribution < -0.4 is 4.74 Å². The van der Waals surface area contributed by atoms with Crippen molar-refractivity contribution >= 4 is 0 Å². The minimum Gasteiger partial charge on any atom is -0.429 e. The quantitative estimate of drug-likeness (QED) is 0.397. The van der Waals surface area contributed by atoms with Gasteiger partial charge >= 0.3 is 6.11 Å². The fraction of sp³-hybridized carbons (Fsp3) is 0.250. The smallest absolute Gasteiger partial charge is 0.429 e. The predicted octanol–water partition coefficient (Wildman–Crippen LogP) is 7.08. The second-order valence-electron chi connectivity index (χ2n) is 7.94. The zero-order chi connectivity index (χ0) is 22.5. The first-order chi connectivity index (χ1) is 14.5. The summed E-state index contributed by atoms with van der Waals surface area (Å²) in [7, 11) is 0. The molecule has 0 aliphatic heterocycles. The summed E-state index contributed by atoms with van der Waals surface area (Å²) in [4.78, 5) is 0. The fourth-order valence-electron chi connectivity index (χ4n) is 3.92. The molecular formula is C24H18F6O. The van der Waals surface area contributed by atoms with Gasteiger partial charge in [-0.2, -0.15) is 8.78 Å². The van der Waals surface area contributed by atoms with Crippen LogP contribution in [0.1, 0.15) is 29.2 Å². The van der Waals surface area contributed by atoms with Crippen LogP contribution in [0.25, 0.3) is 11.1 Å². The number of halogens is 6. The second-order valence-corrected chi connectivity index (χ2v) is 7.94. The van der Waals surface area contributed by atoms with Crippen molar-refractivity contribution in [3.8, 4) is 16.9 Å². The zero-order valence-corrected chi connectivity index (χ0v) is 16.7. The predicted molar refractivity (Wildman–Crippen MR) is 104 cm³/mol. The lowest BCUT2D eigenvalue weighted by Gasteiger charge is -2.20. The van der Waals surface area contributed by atoms with E-state index in [4.69, 9.17) is 0 Å². The minimum absolute atomic E-state index is 0.101. The van der Waals surface area contributed by atoms with Crippen LogP contribution >= 0.6 is 0 Å². The summed E-state index contributed by atoms with van der Waals surface area (Å²) in [6, 6.07) is 8.02. The lowest BCUT2D eigenvalue weighted by Crippen LogP contribution is -2.25. The Kier molecular flexibility index (Phi) is 5.23. The lowest BCUT2D eigenvalue weighted by molar-refractivity contribution is -0.189. The Morgan fingerprint density at radius 2 is 1.35 bits per heavy atom. The summed E-state index contributed by atoms with van der Waals surface area (Å²) in [5.74, 6) is -5.71. The topological polar surface area (TPSA) is 9.23 Å². The number of fused-ring (bicyclic) bond motifs is 1. The molecular weight excluding hydrogens is 418 g/mol. The van der Waals surface area contributed by atoms with E-state index in [1.54, 1.807) is 12.1 Å². The van der Waals surface area contributed by atoms with Crippen molar-refractivity contribution in [2.45, 2.75) is 32.8 Å². The van der Waals surface area contributed by atoms with Gasteiger partial charge in [-0.05, 0) is 60.1 Å². The van der Waals surface area contributed by atoms with Crippen LogP contribution in [0.5, 0.6) is 5.75 Å². The van der Waals surface area contributed by atoms with Gasteiger partial charge in [0.1, 0.15) is 34.6 Å². The van der Waals surface area contributed by atoms with Crippen molar-refractivity contribution in [2.75, 3.05) is 0 Å². The first kappa shape index (κ1) is 21.3. The monoisotopic (exact) mass is 436 g/mol. The van der Waals surface area contributed by atoms with Crippen LogP contribution in [0.3, 0.4) is 0 Å². The van der Waals surface area contributed by atoms with Crippen molar-refractivity contribution < 1.29 is 31.1 Å². The standard InChI is InChI=1S/C24H18F6O/c1-12-5-14-3-4-15(7-16(14)6-12)17-8-21(27)23(22(28)9-17)24(29,30)31-18-10-19(25)13(2)20(26)11-18/h3-4,7-12H,5-6H2,1-2H3. The van der Waals surface area contributed by atoms with E-state index in [0.717, 1.165) is 43.0 Å². The van der Waals surface area contributed by atoms with E-state index < -0.39 is 40.7 Å². The van der Waals surface area contributed by atoms with E-state index in [-0.39, 0.29) is 11.1 Å². The molecule has 1 aliphatic rings. The van der Waals surface area contributed by atoms with Gasteiger partial charge in [0.15, 0.2) is 0 Å². The Balaban J connectivity index is 1.68. The van der Waals surface area contributed by atoms with Crippen LogP contribution in [0.15, 0.2) is 42.5 Å². The van der Waals surface area contributed by atoms with E-state index in [9.17, 15) is 26.3 Å². The Bertz CT molecular complexity index is 1120. The average Bonchev–Trinajstić information content (AvgIpc) is 3.04. The van der Waals surface area contributed by atoms with Gasteiger partial charge < -0.3 is 4.74 Å². The van der Waals surface area contributed by atoms with Crippen LogP contribution in [-0.2, 0) is 19.0 Å². The molecule has 0 aromatic heterocycles. The van der Waals surface area contributed by atoms with Crippen molar-refractivity contribution in [3.05, 3.63) is 88.0 Å². The number of rotatable bonds is 4. The van der Waals surface area contributed by atoms with E-state index in [1.165, 1.54) is 0 Å². The molecule has 0 radical (unpaired) electrons. The van der Waals surface area contributed by atoms with Crippen molar-refractivity contribution in [3.63, 3.8) is 0 Å². The zero-order valence-electron chi connectivity index (χ0n) is 16.7. The molecule has 1 nitrogen and oxygen atoms in total. The van der Waals surface area contributed by atoms with Crippen molar-refractivity contribution in [2.24, 2.45) is 5.92 Å². The summed E-state index contributed by atoms with van der Waals surface area (Å²) in [6.07, 6.45) is -2.74. The third-order valence-corrected chi connectivity index (χ3v) is 5.51. The fourth-order valence-corrected chi connectivity index (χ4v) is 3.92. The first-order valence-corrected chi connectivity index (χ1v) is 9.69. The SMILES string of the molecule is Cc1c(F)cc(OC(F)(F)c2c(F)cc(-c3ccc4c(c3)CC(C)C4)cc2F)cc1F. The Morgan fingerprint density at radius 1 is 0.774 bits per heavy atom. The van der Waals surface area contributed by atoms with E-state index >= 15 is 0 Å². The molecule has 0 saturated carbocycles. The molecule has 1 atom stereocenters. The molecule has 0 spiro atoms. The van der Waals surface area contributed by atoms with Gasteiger partial charge in [-0.3, -0.25) is 0 Å². The highest BCUT2D eigenvalue weighted by atomic mass is 19.3. The molecule has 1 unspecified atom stereocenters. The van der Waals surface area contributed by atoms with Gasteiger partial charge in [-0.1, -0.05) is 25.1 Å². The van der Waals surface area contributed by atoms with Gasteiger partial charge in [-0.25, -0.2) is 17.6 Å². The molecule has 0 heterocycles. The minimum atomic E-state index is -4.49. The highest BCUT2D eigenvalue weighted by molar-refractivity contribution is 5.66. The molecule has 7 heteroatoms. The highest BCUT2D eigenvalue weighted by Gasteiger charge is 2.41. The second kappa shape index (κ2) is 7.62. The summed E-state index contributed by atoms with van der Waals surface area (Å²) in [6.45, 7) is 3.21. The third kappa shape index (κ3) is 4.01. The highest BCUT2D eigenvalue weighted by Crippen LogP contribution is 2.38. The number of hydrogen-bond acceptors (Lipinski definition) is 1. The average molecular weight is 436 g/mol. The van der Waals surface area contributed by atoms with E-state index in [0.29, 0.717) is 23.6 Å². The number of alkyl halides is 2. The van der Waals surface area contributed by atoms with Gasteiger partial charge in [0.25, 0.3) is 0 Å². The largest absolute Gasteiger partial charge is 0.432 e. The van der Waals surface area contributed by atoms with Crippen LogP contribution in [-0.4, -0.2) is 0 Å². The van der Waals surface area contributed by atoms with E-state index in [1.807, 2.05) is 6.07 Å². The number of benzene rings is 3. The normalized spacial score (nSPS) is 15.8. The molecule has 0 amide bonds. The van der Waals surface area contributed by atoms with Crippen LogP contribution in [0.4, 0.5) is 26.3 Å². The molecule has 0 N–H and O–H groups in total. The van der Waals surface area contributed by atoms with Gasteiger partial charge in [-0.15, -0.1) is 0 Å². The molecule has 0 bridgehead atoms. The molecule has 4 rings (SSSR count). The maximum absolute atomic E-state index is 14.6. The third-order valence-electron chi connectivity index (χ3n) is 5.51. The van der Waals surface area contributed by atoms with Crippen molar-refractivity contribution in [1.82, 2.24) is 0 Å². The Morgan fingerprint density at radius 3 is 1.97 bits per heavy atom. The Hall–Kier alpha value is -2.96. The summed E-state index contributed by atoms with van der Waals surface area (Å²) >= 11 is 0. The van der Waals surface area contributed by atoms with Gasteiger partial charge in [0.05, 0.1) is 0 Å². The number of ether oxygens (including phenoxy) is 1. The summed E-state index contributed by atoms with van der Waals surface area (Å²) in [5.41, 5.74) is 0.806. The Labute approximate surface area is 175 Å². The van der Waals surface area contributed by atoms with Crippen molar-refractivity contribution in [1.29, 1.82) is 0 Å². The number of hydrogen-bond donors (Lipinski definition) is 0. The molecule has 0 saturated heterocycles. The van der Waals surface area contributed by atoms with Gasteiger partial charge in [0, 0.05) is 17.7 Å². The van der Waals surface area contributed by atoms with Crippen LogP contribution in [0, 0.1) is 36.1 Å². The molecule has 3 aromatic rings. The van der Waals surface area contributed by atoms with Gasteiger partial charge in [0.2, 0.25) is 0 Å². The maximum Gasteiger partial charge on any atom is 0.432 e. The lowest BCUT2D eigenvalue weighted by atomic mass is 9.98. The van der Waals surface area contributed by atoms with E-state index in [2.05, 4.69) is 11.7 Å². The summed E-state index contributed by atoms with van der Waals surface area (Å²) in [5, 5.41) is 0. The molecule has 31 heavy (non-hydrogen) atoms. The molecule has 162 valence electrons. The molecule has 0 fully saturated rings. The van der Waals surface area contributed by atoms with Crippen LogP contribution in [0.2, 0.25) is 0 Å².